The molecule has 3 aromatic carbocycles. The molecule has 1 heterocycles. The Labute approximate surface area is 198 Å². The molecule has 0 bridgehead atoms. The van der Waals surface area contributed by atoms with Crippen molar-refractivity contribution < 1.29 is 13.6 Å². The Bertz CT molecular complexity index is 1150. The van der Waals surface area contributed by atoms with Crippen molar-refractivity contribution in [1.29, 1.82) is 0 Å². The Morgan fingerprint density at radius 2 is 1.24 bits per heavy atom. The Morgan fingerprint density at radius 3 is 1.70 bits per heavy atom. The molecule has 0 N–H and O–H groups in total. The first kappa shape index (κ1) is 23.4. The molecule has 1 aliphatic heterocycles. The predicted octanol–water partition coefficient (Wildman–Crippen LogP) is 7.81. The average molecular weight is 464 g/mol. The first-order valence-corrected chi connectivity index (χ1v) is 13.4. The number of aryl methyl sites for hydroxylation is 5. The summed E-state index contributed by atoms with van der Waals surface area (Å²) in [7, 11) is -3.40. The normalized spacial score (nSPS) is 15.2. The molecule has 174 valence electrons. The highest BCUT2D eigenvalue weighted by molar-refractivity contribution is 7.54. The summed E-state index contributed by atoms with van der Waals surface area (Å²) < 4.78 is 26.7. The molecule has 0 radical (unpaired) electrons. The summed E-state index contributed by atoms with van der Waals surface area (Å²) in [6.07, 6.45) is 1.08. The van der Waals surface area contributed by atoms with Crippen molar-refractivity contribution in [2.45, 2.75) is 61.1 Å². The van der Waals surface area contributed by atoms with Crippen molar-refractivity contribution in [3.8, 4) is 11.5 Å². The Balaban J connectivity index is 1.92. The minimum absolute atomic E-state index is 0.369. The van der Waals surface area contributed by atoms with Crippen LogP contribution in [-0.2, 0) is 17.7 Å². The lowest BCUT2D eigenvalue weighted by Crippen LogP contribution is -2.24. The van der Waals surface area contributed by atoms with Crippen molar-refractivity contribution in [2.24, 2.45) is 0 Å². The Hall–Kier alpha value is -2.71. The summed E-state index contributed by atoms with van der Waals surface area (Å²) >= 11 is 0. The van der Waals surface area contributed by atoms with Gasteiger partial charge in [-0.1, -0.05) is 60.0 Å². The SMILES string of the molecule is CCCP1(=O)Oc2c(C)cc(C)cc2CN(c2ccc(C)cc2)Cc2cc(C)cc(C)c2O1. The highest BCUT2D eigenvalue weighted by Crippen LogP contribution is 2.53. The second-order valence-electron chi connectivity index (χ2n) is 9.35. The van der Waals surface area contributed by atoms with Crippen LogP contribution in [0.4, 0.5) is 5.69 Å². The number of anilines is 1. The number of nitrogens with zero attached hydrogens (tertiary/aromatic N) is 1. The van der Waals surface area contributed by atoms with E-state index in [1.165, 1.54) is 5.56 Å². The second kappa shape index (κ2) is 9.27. The number of fused-ring (bicyclic) bond motifs is 2. The molecule has 0 saturated carbocycles. The van der Waals surface area contributed by atoms with E-state index in [1.54, 1.807) is 0 Å². The summed E-state index contributed by atoms with van der Waals surface area (Å²) in [6.45, 7) is 13.6. The van der Waals surface area contributed by atoms with E-state index in [0.717, 1.165) is 39.1 Å². The van der Waals surface area contributed by atoms with E-state index in [2.05, 4.69) is 74.2 Å². The van der Waals surface area contributed by atoms with Gasteiger partial charge in [0, 0.05) is 29.9 Å². The molecule has 33 heavy (non-hydrogen) atoms. The predicted molar refractivity (Wildman–Crippen MR) is 137 cm³/mol. The molecule has 4 rings (SSSR count). The van der Waals surface area contributed by atoms with Gasteiger partial charge in [0.2, 0.25) is 0 Å². The van der Waals surface area contributed by atoms with Crippen LogP contribution in [0.3, 0.4) is 0 Å². The van der Waals surface area contributed by atoms with Gasteiger partial charge in [0.25, 0.3) is 0 Å². The molecule has 0 unspecified atom stereocenters. The molecular weight excluding hydrogens is 429 g/mol. The van der Waals surface area contributed by atoms with Gasteiger partial charge in [0.15, 0.2) is 0 Å². The van der Waals surface area contributed by atoms with Crippen LogP contribution in [0.15, 0.2) is 48.5 Å². The molecule has 0 saturated heterocycles. The summed E-state index contributed by atoms with van der Waals surface area (Å²) in [5, 5.41) is 0. The van der Waals surface area contributed by atoms with Crippen molar-refractivity contribution >= 4 is 13.3 Å². The highest BCUT2D eigenvalue weighted by Gasteiger charge is 2.32. The van der Waals surface area contributed by atoms with Gasteiger partial charge in [0.05, 0.1) is 6.16 Å². The standard InChI is InChI=1S/C28H34NO3P/c1-7-12-33(30)31-27-22(5)13-20(3)15-24(27)17-29(26-10-8-19(2)9-11-26)18-25-16-21(4)14-23(6)28(25)32-33/h8-11,13-16H,7,12,17-18H2,1-6H3. The van der Waals surface area contributed by atoms with E-state index in [1.807, 2.05) is 20.8 Å². The third-order valence-corrected chi connectivity index (χ3v) is 7.99. The number of benzene rings is 3. The van der Waals surface area contributed by atoms with Crippen molar-refractivity contribution in [3.05, 3.63) is 87.5 Å². The monoisotopic (exact) mass is 463 g/mol. The van der Waals surface area contributed by atoms with E-state index in [4.69, 9.17) is 9.05 Å². The average Bonchev–Trinajstić information content (AvgIpc) is 2.73. The van der Waals surface area contributed by atoms with Gasteiger partial charge >= 0.3 is 7.60 Å². The van der Waals surface area contributed by atoms with Crippen LogP contribution in [-0.4, -0.2) is 6.16 Å². The van der Waals surface area contributed by atoms with Gasteiger partial charge < -0.3 is 13.9 Å². The first-order valence-electron chi connectivity index (χ1n) is 11.7. The summed E-state index contributed by atoms with van der Waals surface area (Å²) in [4.78, 5) is 2.34. The molecule has 0 atom stereocenters. The lowest BCUT2D eigenvalue weighted by molar-refractivity contribution is 0.377. The van der Waals surface area contributed by atoms with E-state index >= 15 is 0 Å². The van der Waals surface area contributed by atoms with Crippen LogP contribution in [0.25, 0.3) is 0 Å². The molecular formula is C28H34NO3P. The fraction of sp³-hybridized carbons (Fsp3) is 0.357. The topological polar surface area (TPSA) is 38.8 Å². The molecule has 5 heteroatoms. The minimum Gasteiger partial charge on any atom is -0.415 e. The molecule has 3 aromatic rings. The van der Waals surface area contributed by atoms with Gasteiger partial charge in [-0.3, -0.25) is 0 Å². The molecule has 0 spiro atoms. The maximum Gasteiger partial charge on any atom is 0.430 e. The van der Waals surface area contributed by atoms with Crippen LogP contribution in [0.5, 0.6) is 11.5 Å². The minimum atomic E-state index is -3.40. The van der Waals surface area contributed by atoms with Gasteiger partial charge in [0.1, 0.15) is 11.5 Å². The largest absolute Gasteiger partial charge is 0.430 e. The van der Waals surface area contributed by atoms with Crippen molar-refractivity contribution in [2.75, 3.05) is 11.1 Å². The number of hydrogen-bond acceptors (Lipinski definition) is 4. The van der Waals surface area contributed by atoms with Gasteiger partial charge in [-0.15, -0.1) is 0 Å². The lowest BCUT2D eigenvalue weighted by Gasteiger charge is -2.32. The lowest BCUT2D eigenvalue weighted by atomic mass is 10.0. The summed E-state index contributed by atoms with van der Waals surface area (Å²) in [6, 6.07) is 17.1. The molecule has 0 aliphatic carbocycles. The zero-order valence-electron chi connectivity index (χ0n) is 20.6. The van der Waals surface area contributed by atoms with Crippen molar-refractivity contribution in [1.82, 2.24) is 0 Å². The molecule has 0 aromatic heterocycles. The maximum atomic E-state index is 14.0. The van der Waals surface area contributed by atoms with Crippen LogP contribution >= 0.6 is 7.60 Å². The van der Waals surface area contributed by atoms with Crippen LogP contribution in [0, 0.1) is 34.6 Å². The number of rotatable bonds is 3. The van der Waals surface area contributed by atoms with Gasteiger partial charge in [-0.2, -0.15) is 0 Å². The summed E-state index contributed by atoms with van der Waals surface area (Å²) in [5.41, 5.74) is 8.70. The second-order valence-corrected chi connectivity index (χ2v) is 11.4. The van der Waals surface area contributed by atoms with Crippen LogP contribution < -0.4 is 13.9 Å². The van der Waals surface area contributed by atoms with E-state index in [9.17, 15) is 4.57 Å². The number of hydrogen-bond donors (Lipinski definition) is 0. The zero-order valence-corrected chi connectivity index (χ0v) is 21.5. The van der Waals surface area contributed by atoms with Crippen LogP contribution in [0.1, 0.15) is 52.3 Å². The third kappa shape index (κ3) is 5.12. The van der Waals surface area contributed by atoms with Crippen molar-refractivity contribution in [3.63, 3.8) is 0 Å². The Morgan fingerprint density at radius 1 is 0.758 bits per heavy atom. The van der Waals surface area contributed by atoms with Crippen LogP contribution in [0.2, 0.25) is 0 Å². The maximum absolute atomic E-state index is 14.0. The molecule has 0 fully saturated rings. The van der Waals surface area contributed by atoms with E-state index in [-0.39, 0.29) is 0 Å². The quantitative estimate of drug-likeness (QED) is 0.371. The fourth-order valence-electron chi connectivity index (χ4n) is 4.65. The van der Waals surface area contributed by atoms with Gasteiger partial charge in [-0.25, -0.2) is 4.57 Å². The van der Waals surface area contributed by atoms with E-state index in [0.29, 0.717) is 37.2 Å². The van der Waals surface area contributed by atoms with E-state index < -0.39 is 7.60 Å². The highest BCUT2D eigenvalue weighted by atomic mass is 31.2. The molecule has 0 amide bonds. The summed E-state index contributed by atoms with van der Waals surface area (Å²) in [5.74, 6) is 1.37. The third-order valence-electron chi connectivity index (χ3n) is 6.07. The molecule has 1 aliphatic rings. The molecule has 4 nitrogen and oxygen atoms in total. The smallest absolute Gasteiger partial charge is 0.415 e. The first-order chi connectivity index (χ1) is 15.7. The van der Waals surface area contributed by atoms with Gasteiger partial charge in [-0.05, 0) is 64.3 Å². The Kier molecular flexibility index (Phi) is 6.59. The zero-order chi connectivity index (χ0) is 23.8. The fourth-order valence-corrected chi connectivity index (χ4v) is 6.49.